The van der Waals surface area contributed by atoms with Gasteiger partial charge in [-0.25, -0.2) is 4.98 Å². The average molecular weight is 304 g/mol. The van der Waals surface area contributed by atoms with Gasteiger partial charge in [-0.05, 0) is 25.7 Å². The van der Waals surface area contributed by atoms with Crippen LogP contribution in [-0.2, 0) is 16.1 Å². The summed E-state index contributed by atoms with van der Waals surface area (Å²) in [4.78, 5) is 31.8. The van der Waals surface area contributed by atoms with E-state index < -0.39 is 5.54 Å². The monoisotopic (exact) mass is 304 g/mol. The topological polar surface area (TPSA) is 66.7 Å². The number of fused-ring (bicyclic) bond motifs is 1. The molecule has 2 aliphatic rings. The Balaban J connectivity index is 1.68. The van der Waals surface area contributed by atoms with Gasteiger partial charge in [0.25, 0.3) is 0 Å². The van der Waals surface area contributed by atoms with Crippen LogP contribution in [0.1, 0.15) is 25.5 Å². The number of hydrogen-bond acceptors (Lipinski definition) is 4. The molecule has 0 aromatic carbocycles. The van der Waals surface area contributed by atoms with Gasteiger partial charge in [0, 0.05) is 17.8 Å². The van der Waals surface area contributed by atoms with Gasteiger partial charge in [-0.2, -0.15) is 0 Å². The fourth-order valence-corrected chi connectivity index (χ4v) is 3.85. The lowest BCUT2D eigenvalue weighted by Crippen LogP contribution is -2.66. The molecule has 6 nitrogen and oxygen atoms in total. The van der Waals surface area contributed by atoms with Crippen molar-refractivity contribution in [1.29, 1.82) is 0 Å². The van der Waals surface area contributed by atoms with Crippen molar-refractivity contribution in [2.45, 2.75) is 31.8 Å². The highest BCUT2D eigenvalue weighted by atomic mass is 32.1. The summed E-state index contributed by atoms with van der Waals surface area (Å²) in [5.74, 6) is 0.205. The van der Waals surface area contributed by atoms with Crippen LogP contribution in [0, 0.1) is 5.92 Å². The number of carbonyl (C=O) groups excluding carboxylic acids is 2. The zero-order valence-corrected chi connectivity index (χ0v) is 12.5. The van der Waals surface area contributed by atoms with E-state index in [1.807, 2.05) is 29.1 Å². The van der Waals surface area contributed by atoms with Crippen LogP contribution in [0.5, 0.6) is 0 Å². The van der Waals surface area contributed by atoms with Crippen LogP contribution >= 0.6 is 11.3 Å². The van der Waals surface area contributed by atoms with Gasteiger partial charge in [-0.3, -0.25) is 14.0 Å². The number of hydrogen-bond donors (Lipinski definition) is 1. The van der Waals surface area contributed by atoms with E-state index in [4.69, 9.17) is 0 Å². The van der Waals surface area contributed by atoms with Crippen LogP contribution in [0.15, 0.2) is 17.8 Å². The van der Waals surface area contributed by atoms with E-state index in [1.54, 1.807) is 16.2 Å². The molecule has 3 heterocycles. The first-order valence-corrected chi connectivity index (χ1v) is 7.97. The first-order valence-electron chi connectivity index (χ1n) is 7.09. The smallest absolute Gasteiger partial charge is 0.246 e. The second-order valence-electron chi connectivity index (χ2n) is 5.91. The van der Waals surface area contributed by atoms with Gasteiger partial charge < -0.3 is 10.2 Å². The van der Waals surface area contributed by atoms with E-state index >= 15 is 0 Å². The number of aromatic nitrogens is 2. The Bertz CT molecular complexity index is 704. The summed E-state index contributed by atoms with van der Waals surface area (Å²) in [6.45, 7) is 2.37. The van der Waals surface area contributed by atoms with Gasteiger partial charge in [0.05, 0.1) is 18.8 Å². The molecule has 0 radical (unpaired) electrons. The number of carbonyl (C=O) groups is 2. The minimum atomic E-state index is -0.730. The molecule has 1 atom stereocenters. The predicted molar refractivity (Wildman–Crippen MR) is 77.8 cm³/mol. The Morgan fingerprint density at radius 3 is 3.00 bits per heavy atom. The fourth-order valence-electron chi connectivity index (χ4n) is 3.13. The Kier molecular flexibility index (Phi) is 2.63. The Morgan fingerprint density at radius 1 is 1.48 bits per heavy atom. The van der Waals surface area contributed by atoms with E-state index in [2.05, 4.69) is 10.3 Å². The van der Waals surface area contributed by atoms with Crippen molar-refractivity contribution in [2.24, 2.45) is 5.92 Å². The third-order valence-corrected chi connectivity index (χ3v) is 5.33. The summed E-state index contributed by atoms with van der Waals surface area (Å²) in [6.07, 6.45) is 5.89. The number of nitrogens with one attached hydrogen (secondary N) is 1. The molecule has 110 valence electrons. The van der Waals surface area contributed by atoms with Crippen LogP contribution in [0.3, 0.4) is 0 Å². The lowest BCUT2D eigenvalue weighted by atomic mass is 9.89. The summed E-state index contributed by atoms with van der Waals surface area (Å²) >= 11 is 1.56. The van der Waals surface area contributed by atoms with Gasteiger partial charge in [0.1, 0.15) is 5.54 Å². The minimum Gasteiger partial charge on any atom is -0.345 e. The molecule has 0 spiro atoms. The first kappa shape index (κ1) is 12.8. The third-order valence-electron chi connectivity index (χ3n) is 4.56. The number of piperazine rings is 1. The molecule has 2 amide bonds. The predicted octanol–water partition coefficient (Wildman–Crippen LogP) is 1.02. The Labute approximate surface area is 125 Å². The van der Waals surface area contributed by atoms with Gasteiger partial charge in [-0.1, -0.05) is 0 Å². The van der Waals surface area contributed by atoms with Crippen LogP contribution in [-0.4, -0.2) is 38.2 Å². The zero-order chi connectivity index (χ0) is 14.6. The number of imidazole rings is 1. The van der Waals surface area contributed by atoms with Crippen molar-refractivity contribution in [2.75, 3.05) is 6.54 Å². The quantitative estimate of drug-likeness (QED) is 0.921. The lowest BCUT2D eigenvalue weighted by molar-refractivity contribution is -0.155. The first-order chi connectivity index (χ1) is 10.1. The van der Waals surface area contributed by atoms with Crippen LogP contribution < -0.4 is 5.32 Å². The van der Waals surface area contributed by atoms with E-state index in [9.17, 15) is 9.59 Å². The second kappa shape index (κ2) is 4.30. The van der Waals surface area contributed by atoms with Crippen molar-refractivity contribution in [3.63, 3.8) is 0 Å². The molecular formula is C14H16N4O2S. The maximum Gasteiger partial charge on any atom is 0.246 e. The van der Waals surface area contributed by atoms with Gasteiger partial charge in [0.2, 0.25) is 11.8 Å². The van der Waals surface area contributed by atoms with Crippen molar-refractivity contribution in [3.8, 4) is 0 Å². The Hall–Kier alpha value is -1.89. The van der Waals surface area contributed by atoms with Gasteiger partial charge in [-0.15, -0.1) is 11.3 Å². The standard InChI is InChI=1S/C14H16N4O2S/c1-14(9-2-3-9)12(20)15-6-11(19)18(14)8-10-7-17-4-5-21-13(17)16-10/h4-5,7,9H,2-3,6,8H2,1H3,(H,15,20). The molecule has 4 rings (SSSR count). The molecule has 1 N–H and O–H groups in total. The normalized spacial score (nSPS) is 26.4. The number of thiazole rings is 1. The SMILES string of the molecule is CC1(C2CC2)C(=O)NCC(=O)N1Cc1cn2ccsc2n1. The fraction of sp³-hybridized carbons (Fsp3) is 0.500. The summed E-state index contributed by atoms with van der Waals surface area (Å²) in [5, 5.41) is 4.70. The van der Waals surface area contributed by atoms with Gasteiger partial charge in [0.15, 0.2) is 4.96 Å². The summed E-state index contributed by atoms with van der Waals surface area (Å²) in [7, 11) is 0. The van der Waals surface area contributed by atoms with Crippen molar-refractivity contribution >= 4 is 28.1 Å². The number of rotatable bonds is 3. The molecule has 21 heavy (non-hydrogen) atoms. The van der Waals surface area contributed by atoms with Gasteiger partial charge >= 0.3 is 0 Å². The van der Waals surface area contributed by atoms with Crippen LogP contribution in [0.4, 0.5) is 0 Å². The van der Waals surface area contributed by atoms with Crippen LogP contribution in [0.2, 0.25) is 0 Å². The van der Waals surface area contributed by atoms with E-state index in [-0.39, 0.29) is 24.3 Å². The number of amides is 2. The second-order valence-corrected chi connectivity index (χ2v) is 6.78. The van der Waals surface area contributed by atoms with E-state index in [0.29, 0.717) is 6.54 Å². The highest BCUT2D eigenvalue weighted by Crippen LogP contribution is 2.44. The maximum atomic E-state index is 12.3. The molecule has 2 aromatic rings. The summed E-state index contributed by atoms with van der Waals surface area (Å²) < 4.78 is 1.95. The summed E-state index contributed by atoms with van der Waals surface area (Å²) in [5.41, 5.74) is 0.101. The minimum absolute atomic E-state index is 0.0274. The molecule has 7 heteroatoms. The molecule has 1 saturated heterocycles. The Morgan fingerprint density at radius 2 is 2.29 bits per heavy atom. The lowest BCUT2D eigenvalue weighted by Gasteiger charge is -2.43. The molecular weight excluding hydrogens is 288 g/mol. The molecule has 1 unspecified atom stereocenters. The van der Waals surface area contributed by atoms with Crippen molar-refractivity contribution < 1.29 is 9.59 Å². The summed E-state index contributed by atoms with van der Waals surface area (Å²) in [6, 6.07) is 0. The largest absolute Gasteiger partial charge is 0.345 e. The van der Waals surface area contributed by atoms with E-state index in [0.717, 1.165) is 23.5 Å². The molecule has 1 saturated carbocycles. The maximum absolute atomic E-state index is 12.3. The number of nitrogens with zero attached hydrogens (tertiary/aromatic N) is 3. The van der Waals surface area contributed by atoms with Crippen molar-refractivity contribution in [3.05, 3.63) is 23.5 Å². The highest BCUT2D eigenvalue weighted by Gasteiger charge is 2.54. The van der Waals surface area contributed by atoms with Crippen LogP contribution in [0.25, 0.3) is 4.96 Å². The molecule has 2 fully saturated rings. The van der Waals surface area contributed by atoms with Crippen molar-refractivity contribution in [1.82, 2.24) is 19.6 Å². The molecule has 0 bridgehead atoms. The molecule has 1 aliphatic heterocycles. The third kappa shape index (κ3) is 1.87. The molecule has 1 aliphatic carbocycles. The highest BCUT2D eigenvalue weighted by molar-refractivity contribution is 7.15. The van der Waals surface area contributed by atoms with E-state index in [1.165, 1.54) is 0 Å². The zero-order valence-electron chi connectivity index (χ0n) is 11.7. The molecule has 2 aromatic heterocycles. The average Bonchev–Trinajstić information content (AvgIpc) is 3.11.